The number of halogens is 1. The molecule has 0 aliphatic carbocycles. The number of rotatable bonds is 11. The number of para-hydroxylation sites is 1. The number of nitrogens with zero attached hydrogens (tertiary/aromatic N) is 2. The Morgan fingerprint density at radius 3 is 2.71 bits per heavy atom. The molecule has 3 unspecified atom stereocenters. The Morgan fingerprint density at radius 1 is 1.34 bits per heavy atom. The number of likely N-dealkylation sites (tertiary alicyclic amines) is 1. The number of carbonyl (C=O) groups excluding carboxylic acids is 3. The van der Waals surface area contributed by atoms with Crippen LogP contribution in [0.1, 0.15) is 38.7 Å². The number of β-amino-alcohol motifs (C(OH)–C–C–N with tert-alkyl or cyclic N) is 1. The van der Waals surface area contributed by atoms with E-state index in [1.165, 1.54) is 9.80 Å². The standard InChI is InChI=1S/C29H37ClN2O6/c1-6-8-9-16-37-27(36)22-21-25(34)32(14-15-33)24(29(21)17-19(4)28(22,5)38-29)26(35)31(13-7-2)23-18(3)11-10-12-20(23)30/h6-7,10-12,19,21-22,24,33H,1-2,8-9,13-17H2,3-5H3/t19?,21-,22-,24?,28+,29?/m0/s1. The van der Waals surface area contributed by atoms with Gasteiger partial charge < -0.3 is 24.4 Å². The molecule has 3 saturated heterocycles. The number of hydrogen-bond acceptors (Lipinski definition) is 6. The van der Waals surface area contributed by atoms with E-state index in [-0.39, 0.29) is 44.0 Å². The van der Waals surface area contributed by atoms with Crippen LogP contribution in [0.5, 0.6) is 0 Å². The lowest BCUT2D eigenvalue weighted by Gasteiger charge is -2.37. The number of esters is 1. The Kier molecular flexibility index (Phi) is 8.07. The predicted molar refractivity (Wildman–Crippen MR) is 145 cm³/mol. The van der Waals surface area contributed by atoms with Crippen molar-refractivity contribution in [2.75, 3.05) is 31.2 Å². The molecule has 2 amide bonds. The van der Waals surface area contributed by atoms with Crippen LogP contribution < -0.4 is 4.90 Å². The monoisotopic (exact) mass is 544 g/mol. The Morgan fingerprint density at radius 2 is 2.08 bits per heavy atom. The fourth-order valence-corrected chi connectivity index (χ4v) is 7.07. The summed E-state index contributed by atoms with van der Waals surface area (Å²) in [6.07, 6.45) is 5.11. The van der Waals surface area contributed by atoms with Gasteiger partial charge in [-0.15, -0.1) is 13.2 Å². The van der Waals surface area contributed by atoms with Crippen molar-refractivity contribution in [1.29, 1.82) is 0 Å². The normalized spacial score (nSPS) is 31.3. The minimum atomic E-state index is -1.24. The highest BCUT2D eigenvalue weighted by molar-refractivity contribution is 6.34. The van der Waals surface area contributed by atoms with Crippen LogP contribution in [0.3, 0.4) is 0 Å². The highest BCUT2D eigenvalue weighted by Gasteiger charge is 2.80. The smallest absolute Gasteiger partial charge is 0.312 e. The van der Waals surface area contributed by atoms with Crippen LogP contribution in [0, 0.1) is 24.7 Å². The van der Waals surface area contributed by atoms with Gasteiger partial charge in [0, 0.05) is 13.1 Å². The molecule has 0 aromatic heterocycles. The Bertz CT molecular complexity index is 1120. The molecule has 3 aliphatic rings. The van der Waals surface area contributed by atoms with Gasteiger partial charge in [0.2, 0.25) is 5.91 Å². The van der Waals surface area contributed by atoms with Crippen LogP contribution in [0.25, 0.3) is 0 Å². The van der Waals surface area contributed by atoms with Gasteiger partial charge in [0.1, 0.15) is 17.6 Å². The number of aliphatic hydroxyl groups is 1. The van der Waals surface area contributed by atoms with E-state index in [1.807, 2.05) is 26.8 Å². The third-order valence-electron chi connectivity index (χ3n) is 8.48. The van der Waals surface area contributed by atoms with E-state index in [2.05, 4.69) is 13.2 Å². The molecule has 8 nitrogen and oxygen atoms in total. The van der Waals surface area contributed by atoms with Gasteiger partial charge in [-0.25, -0.2) is 0 Å². The van der Waals surface area contributed by atoms with Crippen LogP contribution in [0.15, 0.2) is 43.5 Å². The van der Waals surface area contributed by atoms with Gasteiger partial charge in [-0.05, 0) is 50.7 Å². The van der Waals surface area contributed by atoms with Gasteiger partial charge in [0.15, 0.2) is 0 Å². The molecule has 1 aromatic rings. The van der Waals surface area contributed by atoms with E-state index >= 15 is 0 Å². The predicted octanol–water partition coefficient (Wildman–Crippen LogP) is 3.68. The third kappa shape index (κ3) is 4.27. The summed E-state index contributed by atoms with van der Waals surface area (Å²) in [4.78, 5) is 44.8. The lowest BCUT2D eigenvalue weighted by molar-refractivity contribution is -0.161. The number of fused-ring (bicyclic) bond motifs is 1. The van der Waals surface area contributed by atoms with E-state index in [1.54, 1.807) is 24.3 Å². The highest BCUT2D eigenvalue weighted by atomic mass is 35.5. The number of aryl methyl sites for hydroxylation is 1. The molecular weight excluding hydrogens is 508 g/mol. The molecule has 1 aromatic carbocycles. The summed E-state index contributed by atoms with van der Waals surface area (Å²) >= 11 is 6.56. The van der Waals surface area contributed by atoms with Crippen molar-refractivity contribution < 1.29 is 29.0 Å². The quantitative estimate of drug-likeness (QED) is 0.259. The molecule has 1 N–H and O–H groups in total. The molecule has 6 atom stereocenters. The highest BCUT2D eigenvalue weighted by Crippen LogP contribution is 2.65. The number of ether oxygens (including phenoxy) is 2. The molecule has 2 bridgehead atoms. The molecule has 206 valence electrons. The van der Waals surface area contributed by atoms with Gasteiger partial charge in [0.05, 0.1) is 35.4 Å². The molecule has 3 fully saturated rings. The van der Waals surface area contributed by atoms with Crippen molar-refractivity contribution in [2.24, 2.45) is 17.8 Å². The fraction of sp³-hybridized carbons (Fsp3) is 0.552. The number of hydrogen-bond donors (Lipinski definition) is 1. The minimum absolute atomic E-state index is 0.0630. The number of aliphatic hydroxyl groups excluding tert-OH is 1. The lowest BCUT2D eigenvalue weighted by atomic mass is 9.62. The average Bonchev–Trinajstić information content (AvgIpc) is 3.38. The summed E-state index contributed by atoms with van der Waals surface area (Å²) in [5.74, 6) is -3.13. The van der Waals surface area contributed by atoms with Crippen molar-refractivity contribution in [3.05, 3.63) is 54.1 Å². The molecule has 1 spiro atoms. The summed E-state index contributed by atoms with van der Waals surface area (Å²) in [5.41, 5.74) is -0.891. The first kappa shape index (κ1) is 28.3. The van der Waals surface area contributed by atoms with Gasteiger partial charge >= 0.3 is 5.97 Å². The third-order valence-corrected chi connectivity index (χ3v) is 8.78. The van der Waals surface area contributed by atoms with Crippen molar-refractivity contribution in [3.63, 3.8) is 0 Å². The number of anilines is 1. The molecular formula is C29H37ClN2O6. The Balaban J connectivity index is 1.78. The number of allylic oxidation sites excluding steroid dienone is 1. The topological polar surface area (TPSA) is 96.4 Å². The second-order valence-corrected chi connectivity index (χ2v) is 11.1. The maximum absolute atomic E-state index is 14.5. The Hall–Kier alpha value is -2.68. The van der Waals surface area contributed by atoms with Crippen LogP contribution in [-0.2, 0) is 23.9 Å². The summed E-state index contributed by atoms with van der Waals surface area (Å²) < 4.78 is 12.3. The SMILES string of the molecule is C=CCCCOC(=O)[C@@H]1[C@H]2C(=O)N(CCO)C(C(=O)N(CC=C)c3c(C)cccc3Cl)C23CC(C)[C@@]1(C)O3. The fourth-order valence-electron chi connectivity index (χ4n) is 6.75. The molecule has 38 heavy (non-hydrogen) atoms. The molecule has 0 saturated carbocycles. The summed E-state index contributed by atoms with van der Waals surface area (Å²) in [6.45, 7) is 13.1. The molecule has 9 heteroatoms. The maximum atomic E-state index is 14.5. The second kappa shape index (κ2) is 10.8. The summed E-state index contributed by atoms with van der Waals surface area (Å²) in [5, 5.41) is 10.3. The summed E-state index contributed by atoms with van der Waals surface area (Å²) in [7, 11) is 0. The lowest BCUT2D eigenvalue weighted by Crippen LogP contribution is -2.57. The minimum Gasteiger partial charge on any atom is -0.465 e. The van der Waals surface area contributed by atoms with E-state index < -0.39 is 35.0 Å². The van der Waals surface area contributed by atoms with E-state index in [4.69, 9.17) is 21.1 Å². The van der Waals surface area contributed by atoms with Gasteiger partial charge in [-0.1, -0.05) is 42.8 Å². The van der Waals surface area contributed by atoms with Gasteiger partial charge in [-0.2, -0.15) is 0 Å². The van der Waals surface area contributed by atoms with Gasteiger partial charge in [0.25, 0.3) is 5.91 Å². The average molecular weight is 545 g/mol. The van der Waals surface area contributed by atoms with Gasteiger partial charge in [-0.3, -0.25) is 14.4 Å². The van der Waals surface area contributed by atoms with E-state index in [0.29, 0.717) is 30.0 Å². The van der Waals surface area contributed by atoms with Crippen LogP contribution in [0.2, 0.25) is 5.02 Å². The van der Waals surface area contributed by atoms with Crippen LogP contribution in [0.4, 0.5) is 5.69 Å². The van der Waals surface area contributed by atoms with Crippen molar-refractivity contribution in [1.82, 2.24) is 4.90 Å². The first-order chi connectivity index (χ1) is 18.1. The molecule has 0 radical (unpaired) electrons. The van der Waals surface area contributed by atoms with Crippen molar-refractivity contribution >= 4 is 35.1 Å². The largest absolute Gasteiger partial charge is 0.465 e. The maximum Gasteiger partial charge on any atom is 0.312 e. The molecule has 3 heterocycles. The number of amides is 2. The number of unbranched alkanes of at least 4 members (excludes halogenated alkanes) is 1. The zero-order valence-electron chi connectivity index (χ0n) is 22.3. The Labute approximate surface area is 229 Å². The zero-order valence-corrected chi connectivity index (χ0v) is 23.1. The first-order valence-electron chi connectivity index (χ1n) is 13.2. The zero-order chi connectivity index (χ0) is 27.8. The number of benzene rings is 1. The second-order valence-electron chi connectivity index (χ2n) is 10.7. The summed E-state index contributed by atoms with van der Waals surface area (Å²) in [6, 6.07) is 4.32. The number of carbonyl (C=O) groups is 3. The van der Waals surface area contributed by atoms with E-state index in [0.717, 1.165) is 5.56 Å². The van der Waals surface area contributed by atoms with Crippen molar-refractivity contribution in [3.8, 4) is 0 Å². The van der Waals surface area contributed by atoms with Crippen LogP contribution in [-0.4, -0.2) is 71.3 Å². The first-order valence-corrected chi connectivity index (χ1v) is 13.5. The van der Waals surface area contributed by atoms with Crippen LogP contribution >= 0.6 is 11.6 Å². The van der Waals surface area contributed by atoms with E-state index in [9.17, 15) is 19.5 Å². The molecule has 3 aliphatic heterocycles. The molecule has 4 rings (SSSR count). The van der Waals surface area contributed by atoms with Crippen molar-refractivity contribution in [2.45, 2.75) is 57.3 Å².